The van der Waals surface area contributed by atoms with Crippen molar-refractivity contribution >= 4 is 38.3 Å². The van der Waals surface area contributed by atoms with Gasteiger partial charge in [-0.15, -0.1) is 0 Å². The number of benzene rings is 2. The average molecular weight is 522 g/mol. The lowest BCUT2D eigenvalue weighted by Crippen LogP contribution is -2.15. The maximum absolute atomic E-state index is 13.4. The van der Waals surface area contributed by atoms with Crippen LogP contribution in [0.15, 0.2) is 64.3 Å². The molecule has 12 nitrogen and oxygen atoms in total. The fraction of sp³-hybridized carbons (Fsp3) is 0.208. The van der Waals surface area contributed by atoms with Crippen LogP contribution in [0.4, 0.5) is 17.3 Å². The number of aromatic amines is 1. The Morgan fingerprint density at radius 1 is 1.11 bits per heavy atom. The molecule has 0 spiro atoms. The van der Waals surface area contributed by atoms with Gasteiger partial charge >= 0.3 is 0 Å². The van der Waals surface area contributed by atoms with Crippen molar-refractivity contribution in [2.75, 3.05) is 24.3 Å². The Kier molecular flexibility index (Phi) is 5.48. The van der Waals surface area contributed by atoms with Gasteiger partial charge in [-0.2, -0.15) is 10.2 Å². The van der Waals surface area contributed by atoms with Crippen molar-refractivity contribution in [3.8, 4) is 17.2 Å². The number of hydrogen-bond acceptors (Lipinski definition) is 9. The van der Waals surface area contributed by atoms with E-state index in [2.05, 4.69) is 30.5 Å². The quantitative estimate of drug-likeness (QED) is 0.260. The zero-order chi connectivity index (χ0) is 25.6. The Balaban J connectivity index is 1.32. The Bertz CT molecular complexity index is 1690. The summed E-state index contributed by atoms with van der Waals surface area (Å²) in [6, 6.07) is 11.8. The lowest BCUT2D eigenvalue weighted by Gasteiger charge is -2.12. The molecule has 1 saturated carbocycles. The van der Waals surface area contributed by atoms with Gasteiger partial charge in [-0.1, -0.05) is 5.16 Å². The van der Waals surface area contributed by atoms with Gasteiger partial charge in [-0.05, 0) is 43.2 Å². The zero-order valence-corrected chi connectivity index (χ0v) is 20.7. The maximum atomic E-state index is 13.4. The number of rotatable bonds is 9. The molecule has 1 aliphatic carbocycles. The Labute approximate surface area is 211 Å². The van der Waals surface area contributed by atoms with Gasteiger partial charge in [-0.25, -0.2) is 13.1 Å². The first-order valence-corrected chi connectivity index (χ1v) is 12.9. The summed E-state index contributed by atoms with van der Waals surface area (Å²) in [4.78, 5) is -0.0746. The van der Waals surface area contributed by atoms with E-state index >= 15 is 0 Å². The molecular weight excluding hydrogens is 498 g/mol. The molecule has 0 radical (unpaired) electrons. The molecule has 1 aliphatic rings. The number of sulfonamides is 1. The smallest absolute Gasteiger partial charge is 0.266 e. The second-order valence-corrected chi connectivity index (χ2v) is 10.2. The molecule has 0 bridgehead atoms. The largest absolute Gasteiger partial charge is 0.495 e. The van der Waals surface area contributed by atoms with Gasteiger partial charge in [0.05, 0.1) is 31.0 Å². The van der Waals surface area contributed by atoms with Crippen molar-refractivity contribution < 1.29 is 22.4 Å². The van der Waals surface area contributed by atoms with Crippen LogP contribution in [0.25, 0.3) is 16.7 Å². The van der Waals surface area contributed by atoms with Crippen LogP contribution in [0.2, 0.25) is 0 Å². The first-order valence-electron chi connectivity index (χ1n) is 11.5. The fourth-order valence-corrected chi connectivity index (χ4v) is 5.27. The highest BCUT2D eigenvalue weighted by atomic mass is 32.2. The molecule has 3 N–H and O–H groups in total. The molecule has 13 heteroatoms. The molecule has 0 unspecified atom stereocenters. The summed E-state index contributed by atoms with van der Waals surface area (Å²) in [5.74, 6) is 1.83. The minimum atomic E-state index is -4.12. The number of H-pyrrole nitrogens is 1. The summed E-state index contributed by atoms with van der Waals surface area (Å²) in [6.07, 6.45) is 5.64. The minimum Gasteiger partial charge on any atom is -0.495 e. The summed E-state index contributed by atoms with van der Waals surface area (Å²) in [5, 5.41) is 19.1. The normalized spacial score (nSPS) is 13.6. The van der Waals surface area contributed by atoms with Gasteiger partial charge in [0, 0.05) is 36.1 Å². The van der Waals surface area contributed by atoms with Crippen LogP contribution in [0.1, 0.15) is 24.5 Å². The third kappa shape index (κ3) is 4.33. The minimum absolute atomic E-state index is 0.0159. The predicted molar refractivity (Wildman–Crippen MR) is 135 cm³/mol. The van der Waals surface area contributed by atoms with Gasteiger partial charge in [0.2, 0.25) is 0 Å². The third-order valence-corrected chi connectivity index (χ3v) is 7.47. The van der Waals surface area contributed by atoms with E-state index in [9.17, 15) is 8.42 Å². The molecule has 0 saturated heterocycles. The first kappa shape index (κ1) is 22.9. The molecule has 37 heavy (non-hydrogen) atoms. The van der Waals surface area contributed by atoms with E-state index < -0.39 is 10.0 Å². The molecular formula is C24H23N7O5S. The summed E-state index contributed by atoms with van der Waals surface area (Å²) in [6.45, 7) is 0. The van der Waals surface area contributed by atoms with Crippen molar-refractivity contribution in [1.29, 1.82) is 0 Å². The number of hydrogen-bond donors (Lipinski definition) is 3. The van der Waals surface area contributed by atoms with Crippen molar-refractivity contribution in [2.24, 2.45) is 0 Å². The van der Waals surface area contributed by atoms with Crippen LogP contribution in [-0.2, 0) is 10.0 Å². The van der Waals surface area contributed by atoms with E-state index in [1.165, 1.54) is 20.3 Å². The summed E-state index contributed by atoms with van der Waals surface area (Å²) in [5.41, 5.74) is 2.60. The number of nitrogens with one attached hydrogen (secondary N) is 3. The van der Waals surface area contributed by atoms with Crippen LogP contribution < -0.4 is 19.5 Å². The zero-order valence-electron chi connectivity index (χ0n) is 19.9. The molecule has 0 amide bonds. The maximum Gasteiger partial charge on any atom is 0.266 e. The van der Waals surface area contributed by atoms with Crippen LogP contribution in [0.3, 0.4) is 0 Å². The summed E-state index contributed by atoms with van der Waals surface area (Å²) >= 11 is 0. The van der Waals surface area contributed by atoms with Gasteiger partial charge < -0.3 is 19.3 Å². The SMILES string of the molecule is COc1cc2c(NS(=O)(=O)c3cc(-n4cccn4)ccc3OC)noc2cc1Nc1cc(C2CC2)[nH]n1. The topological polar surface area (TPSA) is 149 Å². The van der Waals surface area contributed by atoms with E-state index in [0.717, 1.165) is 18.5 Å². The highest BCUT2D eigenvalue weighted by Crippen LogP contribution is 2.41. The van der Waals surface area contributed by atoms with Crippen molar-refractivity contribution in [1.82, 2.24) is 25.1 Å². The molecule has 190 valence electrons. The second kappa shape index (κ2) is 8.85. The molecule has 3 aromatic heterocycles. The second-order valence-electron chi connectivity index (χ2n) is 8.58. The summed E-state index contributed by atoms with van der Waals surface area (Å²) < 4.78 is 47.2. The highest BCUT2D eigenvalue weighted by molar-refractivity contribution is 7.92. The third-order valence-electron chi connectivity index (χ3n) is 6.11. The number of methoxy groups -OCH3 is 2. The van der Waals surface area contributed by atoms with E-state index in [0.29, 0.717) is 39.8 Å². The van der Waals surface area contributed by atoms with E-state index in [4.69, 9.17) is 14.0 Å². The van der Waals surface area contributed by atoms with Gasteiger partial charge in [0.1, 0.15) is 16.4 Å². The number of nitrogens with zero attached hydrogens (tertiary/aromatic N) is 4. The predicted octanol–water partition coefficient (Wildman–Crippen LogP) is 4.18. The van der Waals surface area contributed by atoms with Gasteiger partial charge in [0.15, 0.2) is 17.2 Å². The van der Waals surface area contributed by atoms with Gasteiger partial charge in [0.25, 0.3) is 10.0 Å². The van der Waals surface area contributed by atoms with Crippen molar-refractivity contribution in [3.05, 3.63) is 60.6 Å². The Hall–Kier alpha value is -4.52. The van der Waals surface area contributed by atoms with Gasteiger partial charge in [-0.3, -0.25) is 9.82 Å². The summed E-state index contributed by atoms with van der Waals surface area (Å²) in [7, 11) is -1.19. The average Bonchev–Trinajstić information content (AvgIpc) is 3.26. The molecule has 6 rings (SSSR count). The first-order chi connectivity index (χ1) is 17.9. The van der Waals surface area contributed by atoms with Crippen molar-refractivity contribution in [3.63, 3.8) is 0 Å². The lowest BCUT2D eigenvalue weighted by atomic mass is 10.2. The number of ether oxygens (including phenoxy) is 2. The highest BCUT2D eigenvalue weighted by Gasteiger charge is 2.26. The number of aromatic nitrogens is 5. The standard InChI is InChI=1S/C24H23N7O5S/c1-34-19-7-6-15(31-9-3-8-25-31)10-22(19)37(32,33)30-24-16-11-21(35-2)18(12-20(16)36-29-24)26-23-13-17(27-28-23)14-4-5-14/h3,6-14H,4-5H2,1-2H3,(H,29,30)(H2,26,27,28). The Morgan fingerprint density at radius 3 is 2.68 bits per heavy atom. The Morgan fingerprint density at radius 2 is 1.95 bits per heavy atom. The van der Waals surface area contributed by atoms with Crippen molar-refractivity contribution in [2.45, 2.75) is 23.7 Å². The van der Waals surface area contributed by atoms with Crippen LogP contribution >= 0.6 is 0 Å². The fourth-order valence-electron chi connectivity index (χ4n) is 4.07. The van der Waals surface area contributed by atoms with E-state index in [-0.39, 0.29) is 16.5 Å². The lowest BCUT2D eigenvalue weighted by molar-refractivity contribution is 0.402. The number of fused-ring (bicyclic) bond motifs is 1. The molecule has 0 atom stereocenters. The van der Waals surface area contributed by atoms with Crippen LogP contribution in [-0.4, -0.2) is 47.8 Å². The van der Waals surface area contributed by atoms with Crippen LogP contribution in [0.5, 0.6) is 11.5 Å². The number of anilines is 3. The molecule has 1 fully saturated rings. The van der Waals surface area contributed by atoms with E-state index in [1.807, 2.05) is 6.07 Å². The molecule has 0 aliphatic heterocycles. The molecule has 3 heterocycles. The molecule has 5 aromatic rings. The van der Waals surface area contributed by atoms with E-state index in [1.54, 1.807) is 47.4 Å². The molecule has 2 aromatic carbocycles. The van der Waals surface area contributed by atoms with Crippen LogP contribution in [0, 0.1) is 0 Å². The monoisotopic (exact) mass is 521 g/mol.